The number of urea groups is 1. The van der Waals surface area contributed by atoms with Crippen LogP contribution < -0.4 is 10.2 Å². The van der Waals surface area contributed by atoms with Crippen molar-refractivity contribution in [2.75, 3.05) is 4.90 Å². The molecule has 168 valence electrons. The lowest BCUT2D eigenvalue weighted by atomic mass is 10.0. The van der Waals surface area contributed by atoms with E-state index in [0.29, 0.717) is 16.9 Å². The molecule has 0 spiro atoms. The molecule has 1 aliphatic rings. The molecule has 0 atom stereocenters. The fourth-order valence-electron chi connectivity index (χ4n) is 3.58. The van der Waals surface area contributed by atoms with Crippen molar-refractivity contribution in [3.8, 4) is 5.69 Å². The first-order valence-electron chi connectivity index (χ1n) is 9.90. The maximum Gasteiger partial charge on any atom is 0.416 e. The molecule has 0 radical (unpaired) electrons. The minimum Gasteiger partial charge on any atom is -0.317 e. The van der Waals surface area contributed by atoms with E-state index in [4.69, 9.17) is 0 Å². The summed E-state index contributed by atoms with van der Waals surface area (Å²) in [6.45, 7) is 3.58. The van der Waals surface area contributed by atoms with E-state index >= 15 is 0 Å². The molecule has 9 heteroatoms. The van der Waals surface area contributed by atoms with Crippen LogP contribution in [0.4, 0.5) is 23.7 Å². The first-order valence-corrected chi connectivity index (χ1v) is 9.90. The molecule has 1 aliphatic heterocycles. The predicted octanol–water partition coefficient (Wildman–Crippen LogP) is 4.78. The number of aromatic nitrogens is 1. The summed E-state index contributed by atoms with van der Waals surface area (Å²) in [5, 5.41) is 2.16. The largest absolute Gasteiger partial charge is 0.416 e. The number of benzene rings is 2. The van der Waals surface area contributed by atoms with Gasteiger partial charge in [-0.25, -0.2) is 9.69 Å². The van der Waals surface area contributed by atoms with Crippen LogP contribution in [0.25, 0.3) is 11.8 Å². The van der Waals surface area contributed by atoms with Gasteiger partial charge in [-0.05, 0) is 67.4 Å². The molecule has 0 bridgehead atoms. The van der Waals surface area contributed by atoms with Crippen molar-refractivity contribution in [2.45, 2.75) is 20.0 Å². The number of hydrogen-bond donors (Lipinski definition) is 1. The lowest BCUT2D eigenvalue weighted by Crippen LogP contribution is -2.54. The number of rotatable bonds is 3. The number of nitrogens with zero attached hydrogens (tertiary/aromatic N) is 2. The van der Waals surface area contributed by atoms with Crippen LogP contribution in [0.1, 0.15) is 22.4 Å². The van der Waals surface area contributed by atoms with Crippen molar-refractivity contribution in [2.24, 2.45) is 0 Å². The minimum absolute atomic E-state index is 0.202. The SMILES string of the molecule is Cc1cccc(N2C(=O)NC(=O)/C(=C\c3cccn3-c3cccc(C(F)(F)F)c3)C2=O)c1C. The number of halogens is 3. The number of amides is 4. The summed E-state index contributed by atoms with van der Waals surface area (Å²) in [4.78, 5) is 39.0. The standard InChI is InChI=1S/C24H18F3N3O3/c1-14-6-3-10-20(15(14)2)30-22(32)19(21(31)28-23(30)33)13-18-9-5-11-29(18)17-8-4-7-16(12-17)24(25,26)27/h3-13H,1-2H3,(H,28,31,33)/b19-13+. The van der Waals surface area contributed by atoms with Gasteiger partial charge in [-0.3, -0.25) is 14.9 Å². The van der Waals surface area contributed by atoms with E-state index in [1.54, 1.807) is 31.2 Å². The van der Waals surface area contributed by atoms with E-state index in [1.165, 1.54) is 29.0 Å². The van der Waals surface area contributed by atoms with Crippen LogP contribution in [0.5, 0.6) is 0 Å². The highest BCUT2D eigenvalue weighted by Crippen LogP contribution is 2.31. The van der Waals surface area contributed by atoms with Gasteiger partial charge in [0.1, 0.15) is 5.57 Å². The molecular formula is C24H18F3N3O3. The number of alkyl halides is 3. The molecule has 0 saturated carbocycles. The third kappa shape index (κ3) is 4.05. The van der Waals surface area contributed by atoms with Crippen LogP contribution in [-0.4, -0.2) is 22.4 Å². The van der Waals surface area contributed by atoms with Gasteiger partial charge < -0.3 is 4.57 Å². The monoisotopic (exact) mass is 453 g/mol. The molecule has 2 heterocycles. The average Bonchev–Trinajstić information content (AvgIpc) is 3.22. The zero-order valence-electron chi connectivity index (χ0n) is 17.6. The Labute approximate surface area is 186 Å². The van der Waals surface area contributed by atoms with Crippen molar-refractivity contribution in [3.05, 3.63) is 88.8 Å². The number of hydrogen-bond acceptors (Lipinski definition) is 3. The normalized spacial score (nSPS) is 15.8. The molecule has 0 unspecified atom stereocenters. The molecule has 4 amide bonds. The first-order chi connectivity index (χ1) is 15.6. The first kappa shape index (κ1) is 22.1. The van der Waals surface area contributed by atoms with Gasteiger partial charge in [0.25, 0.3) is 11.8 Å². The zero-order chi connectivity index (χ0) is 23.9. The summed E-state index contributed by atoms with van der Waals surface area (Å²) in [7, 11) is 0. The maximum atomic E-state index is 13.2. The molecule has 4 rings (SSSR count). The van der Waals surface area contributed by atoms with Crippen LogP contribution in [0.3, 0.4) is 0 Å². The summed E-state index contributed by atoms with van der Waals surface area (Å²) in [6, 6.07) is 12.0. The van der Waals surface area contributed by atoms with E-state index in [9.17, 15) is 27.6 Å². The molecule has 1 N–H and O–H groups in total. The van der Waals surface area contributed by atoms with Gasteiger partial charge >= 0.3 is 12.2 Å². The molecule has 6 nitrogen and oxygen atoms in total. The van der Waals surface area contributed by atoms with Gasteiger partial charge in [0.15, 0.2) is 0 Å². The third-order valence-corrected chi connectivity index (χ3v) is 5.44. The Hall–Kier alpha value is -4.14. The number of anilines is 1. The summed E-state index contributed by atoms with van der Waals surface area (Å²) < 4.78 is 40.8. The zero-order valence-corrected chi connectivity index (χ0v) is 17.6. The molecule has 2 aromatic carbocycles. The van der Waals surface area contributed by atoms with E-state index in [-0.39, 0.29) is 11.3 Å². The number of carbonyl (C=O) groups excluding carboxylic acids is 3. The van der Waals surface area contributed by atoms with Crippen LogP contribution in [0.15, 0.2) is 66.4 Å². The van der Waals surface area contributed by atoms with Crippen molar-refractivity contribution < 1.29 is 27.6 Å². The lowest BCUT2D eigenvalue weighted by molar-refractivity contribution is -0.137. The van der Waals surface area contributed by atoms with Crippen molar-refractivity contribution in [1.82, 2.24) is 9.88 Å². The van der Waals surface area contributed by atoms with E-state index in [1.807, 2.05) is 13.0 Å². The molecule has 33 heavy (non-hydrogen) atoms. The van der Waals surface area contributed by atoms with Crippen molar-refractivity contribution >= 4 is 29.6 Å². The Morgan fingerprint density at radius 1 is 0.939 bits per heavy atom. The average molecular weight is 453 g/mol. The number of aryl methyl sites for hydroxylation is 1. The molecule has 1 saturated heterocycles. The van der Waals surface area contributed by atoms with Crippen LogP contribution in [-0.2, 0) is 15.8 Å². The summed E-state index contributed by atoms with van der Waals surface area (Å²) in [5.41, 5.74) is 1.24. The fraction of sp³-hybridized carbons (Fsp3) is 0.125. The summed E-state index contributed by atoms with van der Waals surface area (Å²) in [6.07, 6.45) is -1.75. The third-order valence-electron chi connectivity index (χ3n) is 5.44. The Morgan fingerprint density at radius 2 is 1.67 bits per heavy atom. The molecule has 0 aliphatic carbocycles. The Balaban J connectivity index is 1.77. The van der Waals surface area contributed by atoms with Gasteiger partial charge in [-0.2, -0.15) is 13.2 Å². The molecule has 3 aromatic rings. The summed E-state index contributed by atoms with van der Waals surface area (Å²) in [5.74, 6) is -1.71. The van der Waals surface area contributed by atoms with Gasteiger partial charge in [0, 0.05) is 17.6 Å². The quantitative estimate of drug-likeness (QED) is 0.458. The second kappa shape index (κ2) is 8.09. The number of barbiturate groups is 1. The van der Waals surface area contributed by atoms with Crippen molar-refractivity contribution in [3.63, 3.8) is 0 Å². The van der Waals surface area contributed by atoms with Gasteiger partial charge in [0.2, 0.25) is 0 Å². The minimum atomic E-state index is -4.52. The highest BCUT2D eigenvalue weighted by Gasteiger charge is 2.37. The van der Waals surface area contributed by atoms with E-state index < -0.39 is 29.6 Å². The Bertz CT molecular complexity index is 1320. The number of carbonyl (C=O) groups is 3. The topological polar surface area (TPSA) is 71.4 Å². The van der Waals surface area contributed by atoms with E-state index in [2.05, 4.69) is 5.32 Å². The second-order valence-corrected chi connectivity index (χ2v) is 7.53. The Morgan fingerprint density at radius 3 is 2.39 bits per heavy atom. The van der Waals surface area contributed by atoms with Crippen LogP contribution in [0.2, 0.25) is 0 Å². The van der Waals surface area contributed by atoms with Crippen molar-refractivity contribution in [1.29, 1.82) is 0 Å². The highest BCUT2D eigenvalue weighted by atomic mass is 19.4. The summed E-state index contributed by atoms with van der Waals surface area (Å²) >= 11 is 0. The highest BCUT2D eigenvalue weighted by molar-refractivity contribution is 6.39. The number of nitrogens with one attached hydrogen (secondary N) is 1. The smallest absolute Gasteiger partial charge is 0.317 e. The fourth-order valence-corrected chi connectivity index (χ4v) is 3.58. The Kier molecular flexibility index (Phi) is 5.41. The van der Waals surface area contributed by atoms with Crippen LogP contribution in [0, 0.1) is 13.8 Å². The van der Waals surface area contributed by atoms with Gasteiger partial charge in [0.05, 0.1) is 11.3 Å². The second-order valence-electron chi connectivity index (χ2n) is 7.53. The lowest BCUT2D eigenvalue weighted by Gasteiger charge is -2.28. The maximum absolute atomic E-state index is 13.2. The van der Waals surface area contributed by atoms with Crippen LogP contribution >= 0.6 is 0 Å². The predicted molar refractivity (Wildman–Crippen MR) is 116 cm³/mol. The molecule has 1 fully saturated rings. The van der Waals surface area contributed by atoms with Gasteiger partial charge in [-0.1, -0.05) is 18.2 Å². The number of imide groups is 2. The molecule has 1 aromatic heterocycles. The van der Waals surface area contributed by atoms with Gasteiger partial charge in [-0.15, -0.1) is 0 Å². The molecular weight excluding hydrogens is 435 g/mol. The van der Waals surface area contributed by atoms with E-state index in [0.717, 1.165) is 22.6 Å².